The quantitative estimate of drug-likeness (QED) is 0.571. The fourth-order valence-electron chi connectivity index (χ4n) is 3.59. The molecule has 158 valence electrons. The summed E-state index contributed by atoms with van der Waals surface area (Å²) < 4.78 is 12.1. The number of ether oxygens (including phenoxy) is 2. The lowest BCUT2D eigenvalue weighted by Crippen LogP contribution is -2.40. The number of hydrogen-bond donors (Lipinski definition) is 0. The Morgan fingerprint density at radius 2 is 1.93 bits per heavy atom. The summed E-state index contributed by atoms with van der Waals surface area (Å²) in [6, 6.07) is 13.9. The molecule has 3 rings (SSSR count). The van der Waals surface area contributed by atoms with Crippen LogP contribution in [0.25, 0.3) is 10.9 Å². The summed E-state index contributed by atoms with van der Waals surface area (Å²) >= 11 is 0. The fraction of sp³-hybridized carbons (Fsp3) is 0.348. The lowest BCUT2D eigenvalue weighted by molar-refractivity contribution is 0.0577. The second-order valence-electron chi connectivity index (χ2n) is 7.00. The SMILES string of the molecule is CCC(c1nc2ccccc2c(=O)n1C)N(CCOC)C(=O)c1cccc(OC)c1. The molecule has 0 radical (unpaired) electrons. The van der Waals surface area contributed by atoms with E-state index in [0.717, 1.165) is 0 Å². The summed E-state index contributed by atoms with van der Waals surface area (Å²) in [5.41, 5.74) is 0.999. The molecule has 2 aromatic carbocycles. The average molecular weight is 409 g/mol. The maximum atomic E-state index is 13.5. The minimum atomic E-state index is -0.388. The van der Waals surface area contributed by atoms with Crippen LogP contribution in [0.4, 0.5) is 0 Å². The molecule has 0 bridgehead atoms. The molecule has 0 spiro atoms. The van der Waals surface area contributed by atoms with E-state index in [1.165, 1.54) is 4.57 Å². The molecule has 3 aromatic rings. The van der Waals surface area contributed by atoms with Crippen LogP contribution in [0, 0.1) is 0 Å². The van der Waals surface area contributed by atoms with Crippen molar-refractivity contribution in [3.8, 4) is 5.75 Å². The standard InChI is InChI=1S/C23H27N3O4/c1-5-20(21-24-19-12-7-6-11-18(19)23(28)25(21)2)26(13-14-29-3)22(27)16-9-8-10-17(15-16)30-4/h6-12,15,20H,5,13-14H2,1-4H3. The number of carbonyl (C=O) groups excluding carboxylic acids is 1. The van der Waals surface area contributed by atoms with Crippen molar-refractivity contribution in [2.24, 2.45) is 7.05 Å². The minimum Gasteiger partial charge on any atom is -0.497 e. The van der Waals surface area contributed by atoms with E-state index in [2.05, 4.69) is 0 Å². The first-order valence-electron chi connectivity index (χ1n) is 9.91. The van der Waals surface area contributed by atoms with Crippen LogP contribution in [0.1, 0.15) is 35.6 Å². The van der Waals surface area contributed by atoms with Crippen LogP contribution < -0.4 is 10.3 Å². The highest BCUT2D eigenvalue weighted by Crippen LogP contribution is 2.26. The van der Waals surface area contributed by atoms with E-state index in [1.54, 1.807) is 56.5 Å². The molecule has 1 amide bonds. The van der Waals surface area contributed by atoms with E-state index >= 15 is 0 Å². The third kappa shape index (κ3) is 4.21. The first-order chi connectivity index (χ1) is 14.5. The number of aromatic nitrogens is 2. The molecule has 30 heavy (non-hydrogen) atoms. The van der Waals surface area contributed by atoms with Crippen LogP contribution in [0.3, 0.4) is 0 Å². The first-order valence-corrected chi connectivity index (χ1v) is 9.91. The van der Waals surface area contributed by atoms with Crippen molar-refractivity contribution >= 4 is 16.8 Å². The van der Waals surface area contributed by atoms with Crippen molar-refractivity contribution in [3.05, 3.63) is 70.3 Å². The smallest absolute Gasteiger partial charge is 0.261 e. The highest BCUT2D eigenvalue weighted by Gasteiger charge is 2.28. The predicted octanol–water partition coefficient (Wildman–Crippen LogP) is 3.18. The predicted molar refractivity (Wildman–Crippen MR) is 116 cm³/mol. The molecule has 0 fully saturated rings. The third-order valence-electron chi connectivity index (χ3n) is 5.19. The van der Waals surface area contributed by atoms with Gasteiger partial charge in [0.2, 0.25) is 0 Å². The number of amides is 1. The first kappa shape index (κ1) is 21.5. The molecule has 0 saturated carbocycles. The van der Waals surface area contributed by atoms with E-state index in [4.69, 9.17) is 14.5 Å². The van der Waals surface area contributed by atoms with Gasteiger partial charge < -0.3 is 14.4 Å². The molecule has 0 aliphatic carbocycles. The number of benzene rings is 2. The average Bonchev–Trinajstić information content (AvgIpc) is 2.79. The van der Waals surface area contributed by atoms with E-state index in [1.807, 2.05) is 25.1 Å². The second kappa shape index (κ2) is 9.54. The maximum Gasteiger partial charge on any atom is 0.261 e. The summed E-state index contributed by atoms with van der Waals surface area (Å²) in [7, 11) is 4.86. The molecule has 0 N–H and O–H groups in total. The van der Waals surface area contributed by atoms with Gasteiger partial charge in [0, 0.05) is 26.3 Å². The van der Waals surface area contributed by atoms with Crippen molar-refractivity contribution in [1.82, 2.24) is 14.5 Å². The topological polar surface area (TPSA) is 73.7 Å². The molecule has 0 aliphatic heterocycles. The van der Waals surface area contributed by atoms with Crippen molar-refractivity contribution in [2.45, 2.75) is 19.4 Å². The molecular weight excluding hydrogens is 382 g/mol. The minimum absolute atomic E-state index is 0.130. The normalized spacial score (nSPS) is 12.0. The van der Waals surface area contributed by atoms with Crippen molar-refractivity contribution in [2.75, 3.05) is 27.4 Å². The second-order valence-corrected chi connectivity index (χ2v) is 7.00. The monoisotopic (exact) mass is 409 g/mol. The Morgan fingerprint density at radius 3 is 2.63 bits per heavy atom. The van der Waals surface area contributed by atoms with Crippen LogP contribution in [-0.4, -0.2) is 47.7 Å². The van der Waals surface area contributed by atoms with E-state index in [0.29, 0.717) is 47.6 Å². The van der Waals surface area contributed by atoms with Crippen LogP contribution in [0.15, 0.2) is 53.3 Å². The molecule has 1 aromatic heterocycles. The maximum absolute atomic E-state index is 13.5. The number of methoxy groups -OCH3 is 2. The lowest BCUT2D eigenvalue weighted by Gasteiger charge is -2.32. The van der Waals surface area contributed by atoms with Gasteiger partial charge in [-0.2, -0.15) is 0 Å². The van der Waals surface area contributed by atoms with Crippen LogP contribution in [-0.2, 0) is 11.8 Å². The van der Waals surface area contributed by atoms with Gasteiger partial charge >= 0.3 is 0 Å². The summed E-state index contributed by atoms with van der Waals surface area (Å²) in [5.74, 6) is 0.991. The molecule has 1 atom stereocenters. The van der Waals surface area contributed by atoms with Crippen LogP contribution in [0.5, 0.6) is 5.75 Å². The largest absolute Gasteiger partial charge is 0.497 e. The Kier molecular flexibility index (Phi) is 6.84. The van der Waals surface area contributed by atoms with E-state index in [-0.39, 0.29) is 17.5 Å². The Balaban J connectivity index is 2.09. The van der Waals surface area contributed by atoms with Gasteiger partial charge in [-0.3, -0.25) is 14.2 Å². The Hall–Kier alpha value is -3.19. The van der Waals surface area contributed by atoms with Gasteiger partial charge in [0.25, 0.3) is 11.5 Å². The van der Waals surface area contributed by atoms with Gasteiger partial charge in [0.1, 0.15) is 11.6 Å². The van der Waals surface area contributed by atoms with E-state index < -0.39 is 0 Å². The van der Waals surface area contributed by atoms with Gasteiger partial charge in [0.15, 0.2) is 0 Å². The van der Waals surface area contributed by atoms with Gasteiger partial charge in [-0.15, -0.1) is 0 Å². The highest BCUT2D eigenvalue weighted by molar-refractivity contribution is 5.95. The summed E-state index contributed by atoms with van der Waals surface area (Å²) in [6.45, 7) is 2.71. The molecule has 1 heterocycles. The number of nitrogens with zero attached hydrogens (tertiary/aromatic N) is 3. The zero-order valence-electron chi connectivity index (χ0n) is 17.8. The van der Waals surface area contributed by atoms with E-state index in [9.17, 15) is 9.59 Å². The Morgan fingerprint density at radius 1 is 1.17 bits per heavy atom. The fourth-order valence-corrected chi connectivity index (χ4v) is 3.59. The van der Waals surface area contributed by atoms with Gasteiger partial charge in [-0.1, -0.05) is 25.1 Å². The summed E-state index contributed by atoms with van der Waals surface area (Å²) in [4.78, 5) is 32.8. The van der Waals surface area contributed by atoms with Crippen molar-refractivity contribution in [1.29, 1.82) is 0 Å². The van der Waals surface area contributed by atoms with Crippen LogP contribution in [0.2, 0.25) is 0 Å². The number of fused-ring (bicyclic) bond motifs is 1. The van der Waals surface area contributed by atoms with Gasteiger partial charge in [-0.05, 0) is 36.8 Å². The number of rotatable bonds is 8. The van der Waals surface area contributed by atoms with Crippen LogP contribution >= 0.6 is 0 Å². The Labute approximate surface area is 175 Å². The molecule has 7 heteroatoms. The summed E-state index contributed by atoms with van der Waals surface area (Å²) in [5, 5.41) is 0.557. The number of para-hydroxylation sites is 1. The number of hydrogen-bond acceptors (Lipinski definition) is 5. The van der Waals surface area contributed by atoms with Crippen molar-refractivity contribution in [3.63, 3.8) is 0 Å². The zero-order chi connectivity index (χ0) is 21.7. The van der Waals surface area contributed by atoms with Gasteiger partial charge in [-0.25, -0.2) is 4.98 Å². The number of carbonyl (C=O) groups is 1. The molecule has 0 saturated heterocycles. The highest BCUT2D eigenvalue weighted by atomic mass is 16.5. The third-order valence-corrected chi connectivity index (χ3v) is 5.19. The molecule has 0 aliphatic rings. The summed E-state index contributed by atoms with van der Waals surface area (Å²) in [6.07, 6.45) is 0.595. The van der Waals surface area contributed by atoms with Crippen molar-refractivity contribution < 1.29 is 14.3 Å². The molecular formula is C23H27N3O4. The Bertz CT molecular complexity index is 1090. The molecule has 7 nitrogen and oxygen atoms in total. The van der Waals surface area contributed by atoms with Gasteiger partial charge in [0.05, 0.1) is 30.7 Å². The lowest BCUT2D eigenvalue weighted by atomic mass is 10.1. The zero-order valence-corrected chi connectivity index (χ0v) is 17.8. The molecule has 1 unspecified atom stereocenters.